The molecule has 1 atom stereocenters. The Morgan fingerprint density at radius 1 is 1.40 bits per heavy atom. The van der Waals surface area contributed by atoms with Gasteiger partial charge in [0.25, 0.3) is 0 Å². The number of hydrogen-bond donors (Lipinski definition) is 0. The first-order valence-corrected chi connectivity index (χ1v) is 6.37. The van der Waals surface area contributed by atoms with Gasteiger partial charge in [-0.2, -0.15) is 0 Å². The minimum atomic E-state index is -4.66. The van der Waals surface area contributed by atoms with E-state index < -0.39 is 19.2 Å². The number of hydroxylamine groups is 2. The van der Waals surface area contributed by atoms with E-state index in [1.54, 1.807) is 6.92 Å². The van der Waals surface area contributed by atoms with Crippen LogP contribution in [0.1, 0.15) is 33.1 Å². The maximum absolute atomic E-state index is 10.9. The average Bonchev–Trinajstić information content (AvgIpc) is 2.09. The summed E-state index contributed by atoms with van der Waals surface area (Å²) in [6.07, 6.45) is 0.704. The van der Waals surface area contributed by atoms with E-state index in [9.17, 15) is 24.4 Å². The van der Waals surface area contributed by atoms with Gasteiger partial charge in [-0.3, -0.25) is 4.79 Å². The highest BCUT2D eigenvalue weighted by Gasteiger charge is 2.12. The molecule has 0 aromatic rings. The quantitative estimate of drug-likeness (QED) is 0.469. The molecule has 0 aromatic heterocycles. The van der Waals surface area contributed by atoms with Crippen molar-refractivity contribution in [3.05, 3.63) is 5.21 Å². The summed E-state index contributed by atoms with van der Waals surface area (Å²) in [5.41, 5.74) is -1.04. The minimum Gasteiger partial charge on any atom is -0.811 e. The van der Waals surface area contributed by atoms with Crippen LogP contribution < -0.4 is 9.79 Å². The second-order valence-electron chi connectivity index (χ2n) is 3.39. The molecular weight excluding hydrogens is 221 g/mol. The number of amides is 1. The fraction of sp³-hybridized carbons (Fsp3) is 0.875. The number of carbonyl (C=O) groups excluding carboxylic acids is 1. The Morgan fingerprint density at radius 3 is 2.27 bits per heavy atom. The van der Waals surface area contributed by atoms with E-state index in [0.29, 0.717) is 6.42 Å². The summed E-state index contributed by atoms with van der Waals surface area (Å²) in [5, 5.41) is 11.0. The second kappa shape index (κ2) is 6.23. The smallest absolute Gasteiger partial charge is 0.208 e. The molecule has 0 spiro atoms. The molecule has 0 bridgehead atoms. The summed E-state index contributed by atoms with van der Waals surface area (Å²) in [6, 6.07) is 0. The minimum absolute atomic E-state index is 0.0821. The fourth-order valence-electron chi connectivity index (χ4n) is 1.22. The Morgan fingerprint density at radius 2 is 1.93 bits per heavy atom. The largest absolute Gasteiger partial charge is 0.811 e. The first kappa shape index (κ1) is 14.6. The summed E-state index contributed by atoms with van der Waals surface area (Å²) in [7, 11) is -4.66. The molecule has 0 radical (unpaired) electrons. The number of nitrogens with zero attached hydrogens (tertiary/aromatic N) is 1. The second-order valence-corrected chi connectivity index (χ2v) is 5.20. The third-order valence-electron chi connectivity index (χ3n) is 2.09. The van der Waals surface area contributed by atoms with Crippen LogP contribution in [-0.2, 0) is 9.36 Å². The maximum atomic E-state index is 10.9. The standard InChI is InChI=1S/C8H17NO5P/c1-3-4-8(15(12,13)14)5-6-9(11)7(2)10/h8H,3-6H2,1-2H3,(H2,12,13,14)/q-1/p-2. The lowest BCUT2D eigenvalue weighted by atomic mass is 10.2. The van der Waals surface area contributed by atoms with Crippen LogP contribution in [0.2, 0.25) is 0 Å². The van der Waals surface area contributed by atoms with Gasteiger partial charge < -0.3 is 24.6 Å². The van der Waals surface area contributed by atoms with Gasteiger partial charge in [0.1, 0.15) is 0 Å². The molecule has 1 amide bonds. The van der Waals surface area contributed by atoms with E-state index in [1.165, 1.54) is 0 Å². The highest BCUT2D eigenvalue weighted by Crippen LogP contribution is 2.36. The van der Waals surface area contributed by atoms with Crippen molar-refractivity contribution in [1.29, 1.82) is 0 Å². The monoisotopic (exact) mass is 236 g/mol. The molecule has 0 rings (SSSR count). The summed E-state index contributed by atoms with van der Waals surface area (Å²) < 4.78 is 10.8. The van der Waals surface area contributed by atoms with Crippen LogP contribution in [0.4, 0.5) is 0 Å². The van der Waals surface area contributed by atoms with Gasteiger partial charge in [0.15, 0.2) is 0 Å². The molecule has 0 heterocycles. The molecule has 0 N–H and O–H groups in total. The fourth-order valence-corrected chi connectivity index (χ4v) is 2.22. The molecular formula is C8H15NO5P-3. The average molecular weight is 236 g/mol. The lowest BCUT2D eigenvalue weighted by Crippen LogP contribution is -2.31. The highest BCUT2D eigenvalue weighted by atomic mass is 31.2. The highest BCUT2D eigenvalue weighted by molar-refractivity contribution is 7.49. The molecule has 0 saturated carbocycles. The van der Waals surface area contributed by atoms with E-state index in [1.807, 2.05) is 0 Å². The molecule has 1 unspecified atom stereocenters. The first-order valence-electron chi connectivity index (χ1n) is 4.76. The van der Waals surface area contributed by atoms with Gasteiger partial charge in [0, 0.05) is 13.5 Å². The predicted octanol–water partition coefficient (Wildman–Crippen LogP) is -0.195. The topological polar surface area (TPSA) is 107 Å². The molecule has 6 nitrogen and oxygen atoms in total. The van der Waals surface area contributed by atoms with Crippen molar-refractivity contribution in [3.63, 3.8) is 0 Å². The lowest BCUT2D eigenvalue weighted by Gasteiger charge is -2.40. The van der Waals surface area contributed by atoms with Gasteiger partial charge in [-0.25, -0.2) is 0 Å². The van der Waals surface area contributed by atoms with E-state index >= 15 is 0 Å². The van der Waals surface area contributed by atoms with Gasteiger partial charge in [-0.1, -0.05) is 20.9 Å². The number of rotatable bonds is 6. The van der Waals surface area contributed by atoms with E-state index in [0.717, 1.165) is 6.92 Å². The molecule has 0 saturated heterocycles. The molecule has 0 aliphatic carbocycles. The van der Waals surface area contributed by atoms with E-state index in [4.69, 9.17) is 0 Å². The first-order chi connectivity index (χ1) is 6.79. The Bertz CT molecular complexity index is 251. The van der Waals surface area contributed by atoms with Gasteiger partial charge >= 0.3 is 0 Å². The summed E-state index contributed by atoms with van der Waals surface area (Å²) >= 11 is 0. The summed E-state index contributed by atoms with van der Waals surface area (Å²) in [5.74, 6) is -0.683. The van der Waals surface area contributed by atoms with Crippen molar-refractivity contribution in [2.75, 3.05) is 6.54 Å². The van der Waals surface area contributed by atoms with Crippen molar-refractivity contribution in [1.82, 2.24) is 5.06 Å². The van der Waals surface area contributed by atoms with Crippen molar-refractivity contribution in [2.24, 2.45) is 0 Å². The Balaban J connectivity index is 4.20. The third-order valence-corrected chi connectivity index (χ3v) is 3.50. The van der Waals surface area contributed by atoms with Crippen LogP contribution in [0.25, 0.3) is 0 Å². The van der Waals surface area contributed by atoms with Crippen LogP contribution in [-0.4, -0.2) is 23.2 Å². The van der Waals surface area contributed by atoms with Gasteiger partial charge in [-0.05, 0) is 18.5 Å². The summed E-state index contributed by atoms with van der Waals surface area (Å²) in [4.78, 5) is 32.1. The molecule has 15 heavy (non-hydrogen) atoms. The van der Waals surface area contributed by atoms with Gasteiger partial charge in [0.2, 0.25) is 5.91 Å². The molecule has 0 aromatic carbocycles. The molecule has 7 heteroatoms. The zero-order valence-corrected chi connectivity index (χ0v) is 9.74. The van der Waals surface area contributed by atoms with E-state index in [2.05, 4.69) is 0 Å². The van der Waals surface area contributed by atoms with Gasteiger partial charge in [0.05, 0.1) is 0 Å². The Kier molecular flexibility index (Phi) is 6.05. The van der Waals surface area contributed by atoms with Crippen molar-refractivity contribution >= 4 is 13.5 Å². The molecule has 0 fully saturated rings. The lowest BCUT2D eigenvalue weighted by molar-refractivity contribution is -0.317. The molecule has 90 valence electrons. The normalized spacial score (nSPS) is 13.7. The Labute approximate surface area is 89.0 Å². The van der Waals surface area contributed by atoms with Crippen molar-refractivity contribution < 1.29 is 19.1 Å². The third kappa shape index (κ3) is 5.89. The predicted molar refractivity (Wildman–Crippen MR) is 51.7 cm³/mol. The van der Waals surface area contributed by atoms with Crippen LogP contribution in [0, 0.1) is 5.21 Å². The molecule has 0 aliphatic heterocycles. The Hall–Kier alpha value is -0.420. The SMILES string of the molecule is CCCC(CCN([O-])C(C)=O)P(=O)([O-])[O-]. The van der Waals surface area contributed by atoms with Crippen LogP contribution >= 0.6 is 7.60 Å². The van der Waals surface area contributed by atoms with Crippen LogP contribution in [0.3, 0.4) is 0 Å². The van der Waals surface area contributed by atoms with Crippen molar-refractivity contribution in [2.45, 2.75) is 38.8 Å². The van der Waals surface area contributed by atoms with Gasteiger partial charge in [-0.15, -0.1) is 0 Å². The zero-order valence-electron chi connectivity index (χ0n) is 8.84. The number of hydrogen-bond acceptors (Lipinski definition) is 5. The van der Waals surface area contributed by atoms with Crippen LogP contribution in [0.5, 0.6) is 0 Å². The number of carbonyl (C=O) groups is 1. The summed E-state index contributed by atoms with van der Waals surface area (Å²) in [6.45, 7) is 2.60. The van der Waals surface area contributed by atoms with Crippen LogP contribution in [0.15, 0.2) is 0 Å². The molecule has 0 aliphatic rings. The zero-order chi connectivity index (χ0) is 12.1. The maximum Gasteiger partial charge on any atom is 0.208 e. The van der Waals surface area contributed by atoms with E-state index in [-0.39, 0.29) is 24.4 Å². The van der Waals surface area contributed by atoms with Crippen molar-refractivity contribution in [3.8, 4) is 0 Å².